The van der Waals surface area contributed by atoms with Gasteiger partial charge in [-0.1, -0.05) is 39.0 Å². The second-order valence-corrected chi connectivity index (χ2v) is 6.16. The average molecular weight is 280 g/mol. The monoisotopic (exact) mass is 280 g/mol. The van der Waals surface area contributed by atoms with E-state index in [9.17, 15) is 0 Å². The molecule has 3 heteroatoms. The largest absolute Gasteiger partial charge is 0.488 e. The minimum Gasteiger partial charge on any atom is -0.488 e. The van der Waals surface area contributed by atoms with Crippen molar-refractivity contribution in [3.8, 4) is 11.8 Å². The SMILES string of the molecule is Cc1ccc(C(C)(C)C)c(OCc2cccnc2C#N)c1. The molecule has 21 heavy (non-hydrogen) atoms. The molecule has 0 aliphatic carbocycles. The van der Waals surface area contributed by atoms with E-state index in [1.54, 1.807) is 6.20 Å². The van der Waals surface area contributed by atoms with E-state index in [0.29, 0.717) is 12.3 Å². The Labute approximate surface area is 126 Å². The third kappa shape index (κ3) is 3.61. The molecule has 0 amide bonds. The second kappa shape index (κ2) is 5.97. The quantitative estimate of drug-likeness (QED) is 0.849. The van der Waals surface area contributed by atoms with Gasteiger partial charge in [0.1, 0.15) is 24.1 Å². The molecule has 1 aromatic heterocycles. The summed E-state index contributed by atoms with van der Waals surface area (Å²) >= 11 is 0. The fraction of sp³-hybridized carbons (Fsp3) is 0.333. The van der Waals surface area contributed by atoms with Gasteiger partial charge in [0, 0.05) is 11.8 Å². The van der Waals surface area contributed by atoms with Gasteiger partial charge in [-0.25, -0.2) is 4.98 Å². The van der Waals surface area contributed by atoms with Crippen LogP contribution in [0.5, 0.6) is 5.75 Å². The first-order valence-corrected chi connectivity index (χ1v) is 7.00. The maximum Gasteiger partial charge on any atom is 0.147 e. The van der Waals surface area contributed by atoms with Gasteiger partial charge in [-0.3, -0.25) is 0 Å². The molecule has 0 atom stereocenters. The first-order chi connectivity index (χ1) is 9.91. The molecular weight excluding hydrogens is 260 g/mol. The number of hydrogen-bond acceptors (Lipinski definition) is 3. The van der Waals surface area contributed by atoms with E-state index in [1.165, 1.54) is 0 Å². The zero-order valence-corrected chi connectivity index (χ0v) is 13.0. The molecule has 0 bridgehead atoms. The Balaban J connectivity index is 2.28. The molecule has 0 unspecified atom stereocenters. The van der Waals surface area contributed by atoms with Crippen LogP contribution in [0.1, 0.15) is 43.2 Å². The highest BCUT2D eigenvalue weighted by Gasteiger charge is 2.19. The van der Waals surface area contributed by atoms with Crippen LogP contribution in [0.3, 0.4) is 0 Å². The number of aryl methyl sites for hydroxylation is 1. The molecule has 0 spiro atoms. The van der Waals surface area contributed by atoms with E-state index in [1.807, 2.05) is 25.1 Å². The van der Waals surface area contributed by atoms with Crippen molar-refractivity contribution in [2.75, 3.05) is 0 Å². The van der Waals surface area contributed by atoms with Crippen molar-refractivity contribution < 1.29 is 4.74 Å². The Kier molecular flexibility index (Phi) is 4.28. The summed E-state index contributed by atoms with van der Waals surface area (Å²) in [5, 5.41) is 9.08. The number of pyridine rings is 1. The minimum atomic E-state index is 0.00995. The van der Waals surface area contributed by atoms with Gasteiger partial charge in [0.25, 0.3) is 0 Å². The lowest BCUT2D eigenvalue weighted by atomic mass is 9.86. The Bertz CT molecular complexity index is 678. The normalized spacial score (nSPS) is 11.0. The molecule has 108 valence electrons. The zero-order chi connectivity index (χ0) is 15.5. The van der Waals surface area contributed by atoms with E-state index in [0.717, 1.165) is 22.4 Å². The molecule has 0 aliphatic rings. The molecule has 1 heterocycles. The van der Waals surface area contributed by atoms with Gasteiger partial charge < -0.3 is 4.74 Å². The van der Waals surface area contributed by atoms with E-state index < -0.39 is 0 Å². The Morgan fingerprint density at radius 2 is 2.00 bits per heavy atom. The molecular formula is C18H20N2O. The lowest BCUT2D eigenvalue weighted by Gasteiger charge is -2.23. The molecule has 0 saturated carbocycles. The summed E-state index contributed by atoms with van der Waals surface area (Å²) < 4.78 is 5.98. The van der Waals surface area contributed by atoms with Gasteiger partial charge in [0.2, 0.25) is 0 Å². The fourth-order valence-corrected chi connectivity index (χ4v) is 2.18. The number of ether oxygens (including phenoxy) is 1. The number of hydrogen-bond donors (Lipinski definition) is 0. The van der Waals surface area contributed by atoms with Gasteiger partial charge in [-0.2, -0.15) is 5.26 Å². The van der Waals surface area contributed by atoms with Gasteiger partial charge in [-0.05, 0) is 35.6 Å². The first-order valence-electron chi connectivity index (χ1n) is 7.00. The topological polar surface area (TPSA) is 45.9 Å². The third-order valence-electron chi connectivity index (χ3n) is 3.33. The number of benzene rings is 1. The molecule has 0 N–H and O–H groups in total. The van der Waals surface area contributed by atoms with Crippen molar-refractivity contribution in [2.24, 2.45) is 0 Å². The lowest BCUT2D eigenvalue weighted by molar-refractivity contribution is 0.296. The van der Waals surface area contributed by atoms with Crippen LogP contribution < -0.4 is 4.74 Å². The molecule has 0 radical (unpaired) electrons. The van der Waals surface area contributed by atoms with E-state index in [-0.39, 0.29) is 5.41 Å². The maximum atomic E-state index is 9.08. The molecule has 0 saturated heterocycles. The summed E-state index contributed by atoms with van der Waals surface area (Å²) in [5.74, 6) is 0.871. The summed E-state index contributed by atoms with van der Waals surface area (Å²) in [6, 6.07) is 12.0. The van der Waals surface area contributed by atoms with Crippen LogP contribution in [0.15, 0.2) is 36.5 Å². The number of aromatic nitrogens is 1. The Morgan fingerprint density at radius 1 is 1.24 bits per heavy atom. The van der Waals surface area contributed by atoms with Crippen molar-refractivity contribution in [1.82, 2.24) is 4.98 Å². The smallest absolute Gasteiger partial charge is 0.147 e. The summed E-state index contributed by atoms with van der Waals surface area (Å²) in [7, 11) is 0. The molecule has 3 nitrogen and oxygen atoms in total. The summed E-state index contributed by atoms with van der Waals surface area (Å²) in [5.41, 5.74) is 3.56. The highest BCUT2D eigenvalue weighted by Crippen LogP contribution is 2.32. The molecule has 2 rings (SSSR count). The third-order valence-corrected chi connectivity index (χ3v) is 3.33. The van der Waals surface area contributed by atoms with Crippen molar-refractivity contribution in [3.05, 3.63) is 58.9 Å². The van der Waals surface area contributed by atoms with Crippen LogP contribution >= 0.6 is 0 Å². The van der Waals surface area contributed by atoms with Crippen LogP contribution in [-0.2, 0) is 12.0 Å². The van der Waals surface area contributed by atoms with Crippen LogP contribution in [0.4, 0.5) is 0 Å². The van der Waals surface area contributed by atoms with Gasteiger partial charge in [-0.15, -0.1) is 0 Å². The molecule has 0 fully saturated rings. The Morgan fingerprint density at radius 3 is 2.67 bits per heavy atom. The minimum absolute atomic E-state index is 0.00995. The zero-order valence-electron chi connectivity index (χ0n) is 13.0. The van der Waals surface area contributed by atoms with E-state index in [2.05, 4.69) is 44.0 Å². The molecule has 2 aromatic rings. The molecule has 1 aromatic carbocycles. The van der Waals surface area contributed by atoms with Gasteiger partial charge in [0.15, 0.2) is 0 Å². The highest BCUT2D eigenvalue weighted by atomic mass is 16.5. The number of rotatable bonds is 3. The van der Waals surface area contributed by atoms with Crippen LogP contribution in [-0.4, -0.2) is 4.98 Å². The molecule has 0 aliphatic heterocycles. The highest BCUT2D eigenvalue weighted by molar-refractivity contribution is 5.41. The van der Waals surface area contributed by atoms with E-state index >= 15 is 0 Å². The predicted molar refractivity (Wildman–Crippen MR) is 83.2 cm³/mol. The maximum absolute atomic E-state index is 9.08. The number of nitrogens with zero attached hydrogens (tertiary/aromatic N) is 2. The van der Waals surface area contributed by atoms with Crippen molar-refractivity contribution in [1.29, 1.82) is 5.26 Å². The average Bonchev–Trinajstić information content (AvgIpc) is 2.44. The first kappa shape index (κ1) is 15.1. The second-order valence-electron chi connectivity index (χ2n) is 6.16. The van der Waals surface area contributed by atoms with Crippen molar-refractivity contribution in [3.63, 3.8) is 0 Å². The summed E-state index contributed by atoms with van der Waals surface area (Å²) in [6.45, 7) is 8.88. The summed E-state index contributed by atoms with van der Waals surface area (Å²) in [6.07, 6.45) is 1.62. The fourth-order valence-electron chi connectivity index (χ4n) is 2.18. The predicted octanol–water partition coefficient (Wildman–Crippen LogP) is 4.14. The Hall–Kier alpha value is -2.34. The van der Waals surface area contributed by atoms with Crippen LogP contribution in [0.2, 0.25) is 0 Å². The van der Waals surface area contributed by atoms with Gasteiger partial charge >= 0.3 is 0 Å². The van der Waals surface area contributed by atoms with Gasteiger partial charge in [0.05, 0.1) is 0 Å². The lowest BCUT2D eigenvalue weighted by Crippen LogP contribution is -2.14. The standard InChI is InChI=1S/C18H20N2O/c1-13-7-8-15(18(2,3)4)17(10-13)21-12-14-6-5-9-20-16(14)11-19/h5-10H,12H2,1-4H3. The van der Waals surface area contributed by atoms with E-state index in [4.69, 9.17) is 10.00 Å². The van der Waals surface area contributed by atoms with Crippen LogP contribution in [0.25, 0.3) is 0 Å². The summed E-state index contributed by atoms with van der Waals surface area (Å²) in [4.78, 5) is 4.06. The number of nitriles is 1. The van der Waals surface area contributed by atoms with Crippen LogP contribution in [0, 0.1) is 18.3 Å². The van der Waals surface area contributed by atoms with Crippen molar-refractivity contribution in [2.45, 2.75) is 39.7 Å². The van der Waals surface area contributed by atoms with Crippen molar-refractivity contribution >= 4 is 0 Å².